The zero-order valence-electron chi connectivity index (χ0n) is 10.9. The fourth-order valence-corrected chi connectivity index (χ4v) is 1.83. The molecule has 0 amide bonds. The summed E-state index contributed by atoms with van der Waals surface area (Å²) in [4.78, 5) is 0. The average Bonchev–Trinajstić information content (AvgIpc) is 2.45. The molecular weight excluding hydrogens is 281 g/mol. The number of hydrogen-bond acceptors (Lipinski definition) is 2. The number of amidine groups is 1. The second kappa shape index (κ2) is 5.87. The SMILES string of the molecule is N=C(N)c1ccccc1COc1cccc(C(F)(F)F)c1. The Bertz CT molecular complexity index is 653. The van der Waals surface area contributed by atoms with Gasteiger partial charge in [-0.1, -0.05) is 30.3 Å². The van der Waals surface area contributed by atoms with Crippen molar-refractivity contribution in [3.63, 3.8) is 0 Å². The van der Waals surface area contributed by atoms with E-state index in [-0.39, 0.29) is 18.2 Å². The molecule has 0 bridgehead atoms. The number of nitrogen functional groups attached to an aromatic ring is 1. The number of benzene rings is 2. The first-order chi connectivity index (χ1) is 9.88. The van der Waals surface area contributed by atoms with Gasteiger partial charge in [-0.15, -0.1) is 0 Å². The smallest absolute Gasteiger partial charge is 0.416 e. The molecular formula is C15H13F3N2O. The molecule has 110 valence electrons. The minimum absolute atomic E-state index is 0.0388. The summed E-state index contributed by atoms with van der Waals surface area (Å²) in [6, 6.07) is 11.5. The topological polar surface area (TPSA) is 59.1 Å². The Morgan fingerprint density at radius 1 is 1.10 bits per heavy atom. The number of alkyl halides is 3. The van der Waals surface area contributed by atoms with Gasteiger partial charge in [-0.3, -0.25) is 5.41 Å². The van der Waals surface area contributed by atoms with Crippen LogP contribution in [0, 0.1) is 5.41 Å². The largest absolute Gasteiger partial charge is 0.489 e. The van der Waals surface area contributed by atoms with Gasteiger partial charge in [0.2, 0.25) is 0 Å². The third-order valence-corrected chi connectivity index (χ3v) is 2.86. The van der Waals surface area contributed by atoms with E-state index in [9.17, 15) is 13.2 Å². The maximum atomic E-state index is 12.6. The van der Waals surface area contributed by atoms with E-state index < -0.39 is 11.7 Å². The average molecular weight is 294 g/mol. The molecule has 0 aliphatic heterocycles. The predicted molar refractivity (Wildman–Crippen MR) is 73.2 cm³/mol. The van der Waals surface area contributed by atoms with Crippen LogP contribution in [0.25, 0.3) is 0 Å². The number of nitrogens with two attached hydrogens (primary N) is 1. The first-order valence-electron chi connectivity index (χ1n) is 6.10. The molecule has 0 fully saturated rings. The number of ether oxygens (including phenoxy) is 1. The van der Waals surface area contributed by atoms with Crippen LogP contribution in [0.1, 0.15) is 16.7 Å². The maximum Gasteiger partial charge on any atom is 0.416 e. The first-order valence-corrected chi connectivity index (χ1v) is 6.10. The molecule has 0 heterocycles. The van der Waals surface area contributed by atoms with E-state index in [1.54, 1.807) is 24.3 Å². The van der Waals surface area contributed by atoms with Crippen molar-refractivity contribution in [2.45, 2.75) is 12.8 Å². The molecule has 0 aromatic heterocycles. The normalized spacial score (nSPS) is 11.2. The van der Waals surface area contributed by atoms with E-state index in [1.165, 1.54) is 12.1 Å². The molecule has 0 saturated heterocycles. The molecule has 0 aliphatic carbocycles. The molecule has 0 spiro atoms. The van der Waals surface area contributed by atoms with Crippen LogP contribution in [0.15, 0.2) is 48.5 Å². The van der Waals surface area contributed by atoms with Crippen molar-refractivity contribution in [3.05, 3.63) is 65.2 Å². The van der Waals surface area contributed by atoms with Crippen LogP contribution in [-0.4, -0.2) is 5.84 Å². The molecule has 0 atom stereocenters. The number of nitrogens with one attached hydrogen (secondary N) is 1. The van der Waals surface area contributed by atoms with E-state index in [2.05, 4.69) is 0 Å². The van der Waals surface area contributed by atoms with Gasteiger partial charge in [0, 0.05) is 11.1 Å². The van der Waals surface area contributed by atoms with E-state index in [1.807, 2.05) is 0 Å². The van der Waals surface area contributed by atoms with E-state index in [0.29, 0.717) is 11.1 Å². The molecule has 3 N–H and O–H groups in total. The Balaban J connectivity index is 2.16. The molecule has 3 nitrogen and oxygen atoms in total. The lowest BCUT2D eigenvalue weighted by atomic mass is 10.1. The lowest BCUT2D eigenvalue weighted by molar-refractivity contribution is -0.137. The summed E-state index contributed by atoms with van der Waals surface area (Å²) in [6.45, 7) is 0.0388. The lowest BCUT2D eigenvalue weighted by Gasteiger charge is -2.12. The van der Waals surface area contributed by atoms with Crippen molar-refractivity contribution in [3.8, 4) is 5.75 Å². The quantitative estimate of drug-likeness (QED) is 0.669. The van der Waals surface area contributed by atoms with Gasteiger partial charge in [0.1, 0.15) is 18.2 Å². The number of halogens is 3. The summed E-state index contributed by atoms with van der Waals surface area (Å²) < 4.78 is 43.2. The van der Waals surface area contributed by atoms with Crippen LogP contribution >= 0.6 is 0 Å². The van der Waals surface area contributed by atoms with Gasteiger partial charge < -0.3 is 10.5 Å². The van der Waals surface area contributed by atoms with E-state index >= 15 is 0 Å². The number of rotatable bonds is 4. The van der Waals surface area contributed by atoms with Gasteiger partial charge >= 0.3 is 6.18 Å². The zero-order chi connectivity index (χ0) is 15.5. The monoisotopic (exact) mass is 294 g/mol. The molecule has 2 aromatic carbocycles. The summed E-state index contributed by atoms with van der Waals surface area (Å²) in [5.41, 5.74) is 5.82. The van der Waals surface area contributed by atoms with Crippen LogP contribution in [0.5, 0.6) is 5.75 Å². The summed E-state index contributed by atoms with van der Waals surface area (Å²) >= 11 is 0. The summed E-state index contributed by atoms with van der Waals surface area (Å²) in [5.74, 6) is 0.00132. The fourth-order valence-electron chi connectivity index (χ4n) is 1.83. The molecule has 0 unspecified atom stereocenters. The number of hydrogen-bond donors (Lipinski definition) is 2. The van der Waals surface area contributed by atoms with Gasteiger partial charge in [0.25, 0.3) is 0 Å². The molecule has 0 aliphatic rings. The van der Waals surface area contributed by atoms with Gasteiger partial charge in [-0.2, -0.15) is 13.2 Å². The van der Waals surface area contributed by atoms with Gasteiger partial charge in [-0.05, 0) is 18.2 Å². The van der Waals surface area contributed by atoms with E-state index in [4.69, 9.17) is 15.9 Å². The zero-order valence-corrected chi connectivity index (χ0v) is 10.9. The second-order valence-corrected chi connectivity index (χ2v) is 4.39. The Morgan fingerprint density at radius 2 is 1.81 bits per heavy atom. The molecule has 6 heteroatoms. The minimum atomic E-state index is -4.41. The van der Waals surface area contributed by atoms with Gasteiger partial charge in [0.15, 0.2) is 0 Å². The van der Waals surface area contributed by atoms with Crippen molar-refractivity contribution in [2.24, 2.45) is 5.73 Å². The Hall–Kier alpha value is -2.50. The maximum absolute atomic E-state index is 12.6. The van der Waals surface area contributed by atoms with Crippen LogP contribution in [-0.2, 0) is 12.8 Å². The molecule has 2 rings (SSSR count). The summed E-state index contributed by atoms with van der Waals surface area (Å²) in [7, 11) is 0. The standard InChI is InChI=1S/C15H13F3N2O/c16-15(17,18)11-5-3-6-12(8-11)21-9-10-4-1-2-7-13(10)14(19)20/h1-8H,9H2,(H3,19,20). The van der Waals surface area contributed by atoms with Gasteiger partial charge in [0.05, 0.1) is 5.56 Å². The van der Waals surface area contributed by atoms with Crippen molar-refractivity contribution in [1.29, 1.82) is 5.41 Å². The summed E-state index contributed by atoms with van der Waals surface area (Å²) in [5, 5.41) is 7.45. The highest BCUT2D eigenvalue weighted by Gasteiger charge is 2.30. The van der Waals surface area contributed by atoms with Crippen LogP contribution in [0.2, 0.25) is 0 Å². The van der Waals surface area contributed by atoms with Crippen LogP contribution < -0.4 is 10.5 Å². The Kier molecular flexibility index (Phi) is 4.16. The van der Waals surface area contributed by atoms with Crippen LogP contribution in [0.4, 0.5) is 13.2 Å². The Morgan fingerprint density at radius 3 is 2.48 bits per heavy atom. The highest BCUT2D eigenvalue weighted by Crippen LogP contribution is 2.31. The van der Waals surface area contributed by atoms with Gasteiger partial charge in [-0.25, -0.2) is 0 Å². The third-order valence-electron chi connectivity index (χ3n) is 2.86. The minimum Gasteiger partial charge on any atom is -0.489 e. The van der Waals surface area contributed by atoms with E-state index in [0.717, 1.165) is 12.1 Å². The lowest BCUT2D eigenvalue weighted by Crippen LogP contribution is -2.14. The molecule has 2 aromatic rings. The highest BCUT2D eigenvalue weighted by molar-refractivity contribution is 5.96. The predicted octanol–water partition coefficient (Wildman–Crippen LogP) is 3.57. The van der Waals surface area contributed by atoms with Crippen molar-refractivity contribution < 1.29 is 17.9 Å². The second-order valence-electron chi connectivity index (χ2n) is 4.39. The fraction of sp³-hybridized carbons (Fsp3) is 0.133. The third kappa shape index (κ3) is 3.75. The molecule has 0 radical (unpaired) electrons. The summed E-state index contributed by atoms with van der Waals surface area (Å²) in [6.07, 6.45) is -4.41. The van der Waals surface area contributed by atoms with Crippen molar-refractivity contribution in [1.82, 2.24) is 0 Å². The Labute approximate surface area is 119 Å². The van der Waals surface area contributed by atoms with Crippen molar-refractivity contribution in [2.75, 3.05) is 0 Å². The van der Waals surface area contributed by atoms with Crippen LogP contribution in [0.3, 0.4) is 0 Å². The molecule has 0 saturated carbocycles. The first kappa shape index (κ1) is 14.9. The molecule has 21 heavy (non-hydrogen) atoms. The highest BCUT2D eigenvalue weighted by atomic mass is 19.4. The van der Waals surface area contributed by atoms with Crippen molar-refractivity contribution >= 4 is 5.84 Å².